The van der Waals surface area contributed by atoms with E-state index in [1.807, 2.05) is 68.4 Å². The lowest BCUT2D eigenvalue weighted by molar-refractivity contribution is 0.0513. The number of carbonyl (C=O) groups is 1. The molecule has 0 bridgehead atoms. The Kier molecular flexibility index (Phi) is 11.8. The van der Waals surface area contributed by atoms with Crippen LogP contribution in [0.1, 0.15) is 52.2 Å². The Morgan fingerprint density at radius 1 is 0.930 bits per heavy atom. The van der Waals surface area contributed by atoms with Crippen LogP contribution in [0, 0.1) is 5.92 Å². The maximum absolute atomic E-state index is 13.7. The Hall–Kier alpha value is -3.82. The van der Waals surface area contributed by atoms with Crippen LogP contribution in [0.4, 0.5) is 4.79 Å². The highest BCUT2D eigenvalue weighted by Gasteiger charge is 2.28. The summed E-state index contributed by atoms with van der Waals surface area (Å²) in [5.74, 6) is 1.35. The molecule has 0 spiro atoms. The first kappa shape index (κ1) is 33.7. The van der Waals surface area contributed by atoms with Gasteiger partial charge in [-0.25, -0.2) is 13.2 Å². The molecule has 0 unspecified atom stereocenters. The van der Waals surface area contributed by atoms with Gasteiger partial charge in [-0.15, -0.1) is 0 Å². The van der Waals surface area contributed by atoms with Crippen LogP contribution in [0.5, 0.6) is 11.5 Å². The first-order valence-corrected chi connectivity index (χ1v) is 15.8. The molecule has 1 amide bonds. The maximum atomic E-state index is 13.7. The van der Waals surface area contributed by atoms with Gasteiger partial charge in [-0.3, -0.25) is 0 Å². The van der Waals surface area contributed by atoms with Gasteiger partial charge >= 0.3 is 6.09 Å². The molecule has 3 aromatic carbocycles. The number of ether oxygens (including phenoxy) is 3. The highest BCUT2D eigenvalue weighted by molar-refractivity contribution is 7.89. The van der Waals surface area contributed by atoms with Gasteiger partial charge in [0.2, 0.25) is 10.0 Å². The second-order valence-electron chi connectivity index (χ2n) is 11.7. The number of nitrogens with zero attached hydrogens (tertiary/aromatic N) is 1. The van der Waals surface area contributed by atoms with Crippen molar-refractivity contribution in [2.75, 3.05) is 20.2 Å². The molecule has 3 aromatic rings. The zero-order valence-electron chi connectivity index (χ0n) is 26.0. The second kappa shape index (κ2) is 15.1. The van der Waals surface area contributed by atoms with Gasteiger partial charge in [-0.2, -0.15) is 4.31 Å². The molecule has 0 aromatic heterocycles. The molecule has 1 N–H and O–H groups in total. The van der Waals surface area contributed by atoms with Gasteiger partial charge in [0.25, 0.3) is 0 Å². The number of benzene rings is 3. The van der Waals surface area contributed by atoms with Gasteiger partial charge < -0.3 is 19.5 Å². The number of nitrogens with one attached hydrogen (secondary N) is 1. The summed E-state index contributed by atoms with van der Waals surface area (Å²) in [4.78, 5) is 13.0. The summed E-state index contributed by atoms with van der Waals surface area (Å²) in [5, 5.41) is 2.92. The van der Waals surface area contributed by atoms with Crippen molar-refractivity contribution in [3.8, 4) is 11.5 Å². The van der Waals surface area contributed by atoms with E-state index < -0.39 is 27.8 Å². The number of carbonyl (C=O) groups excluding carboxylic acids is 1. The Labute approximate surface area is 256 Å². The molecule has 3 rings (SSSR count). The molecular formula is C34H44N2O6S. The number of sulfonamides is 1. The lowest BCUT2D eigenvalue weighted by atomic mass is 9.97. The zero-order valence-corrected chi connectivity index (χ0v) is 26.8. The summed E-state index contributed by atoms with van der Waals surface area (Å²) in [6.07, 6.45) is -0.318. The molecule has 1 atom stereocenters. The lowest BCUT2D eigenvalue weighted by Gasteiger charge is -2.29. The van der Waals surface area contributed by atoms with Crippen LogP contribution in [0.2, 0.25) is 0 Å². The van der Waals surface area contributed by atoms with Crippen molar-refractivity contribution in [3.05, 3.63) is 96.6 Å². The van der Waals surface area contributed by atoms with Crippen LogP contribution in [0.25, 0.3) is 5.57 Å². The smallest absolute Gasteiger partial charge is 0.408 e. The molecule has 232 valence electrons. The van der Waals surface area contributed by atoms with E-state index in [0.29, 0.717) is 30.2 Å². The van der Waals surface area contributed by atoms with E-state index in [-0.39, 0.29) is 23.8 Å². The third-order valence-electron chi connectivity index (χ3n) is 6.52. The minimum Gasteiger partial charge on any atom is -0.497 e. The van der Waals surface area contributed by atoms with Gasteiger partial charge in [0, 0.05) is 13.1 Å². The molecule has 0 heterocycles. The normalized spacial score (nSPS) is 12.6. The van der Waals surface area contributed by atoms with E-state index >= 15 is 0 Å². The number of hydrogen-bond acceptors (Lipinski definition) is 6. The zero-order chi connectivity index (χ0) is 31.6. The van der Waals surface area contributed by atoms with Crippen molar-refractivity contribution in [2.45, 2.75) is 64.2 Å². The summed E-state index contributed by atoms with van der Waals surface area (Å²) >= 11 is 0. The standard InChI is InChI=1S/C34H44N2O6S/c1-25(2)23-36(43(38,39)31-19-17-29(40-7)18-20-31)22-21-32(35-33(37)42-34(4,5)6)26(3)28-13-15-30(16-14-28)41-24-27-11-9-8-10-12-27/h8-20,25,32H,3,21-24H2,1-2,4-7H3,(H,35,37)/t32-/m1/s1. The Bertz CT molecular complexity index is 1430. The predicted octanol–water partition coefficient (Wildman–Crippen LogP) is 6.92. The molecule has 8 nitrogen and oxygen atoms in total. The average molecular weight is 609 g/mol. The third kappa shape index (κ3) is 10.4. The maximum Gasteiger partial charge on any atom is 0.408 e. The molecule has 9 heteroatoms. The first-order chi connectivity index (χ1) is 20.3. The highest BCUT2D eigenvalue weighted by Crippen LogP contribution is 2.25. The predicted molar refractivity (Wildman–Crippen MR) is 171 cm³/mol. The van der Waals surface area contributed by atoms with E-state index in [1.165, 1.54) is 23.5 Å². The highest BCUT2D eigenvalue weighted by atomic mass is 32.2. The fourth-order valence-electron chi connectivity index (χ4n) is 4.38. The third-order valence-corrected chi connectivity index (χ3v) is 8.40. The first-order valence-electron chi connectivity index (χ1n) is 14.4. The summed E-state index contributed by atoms with van der Waals surface area (Å²) in [7, 11) is -2.28. The summed E-state index contributed by atoms with van der Waals surface area (Å²) in [6.45, 7) is 14.5. The van der Waals surface area contributed by atoms with Crippen LogP contribution in [-0.4, -0.2) is 50.7 Å². The quantitative estimate of drug-likeness (QED) is 0.214. The van der Waals surface area contributed by atoms with Gasteiger partial charge in [0.05, 0.1) is 18.0 Å². The number of amides is 1. The molecule has 0 saturated heterocycles. The van der Waals surface area contributed by atoms with Gasteiger partial charge in [0.1, 0.15) is 23.7 Å². The average Bonchev–Trinajstić information content (AvgIpc) is 2.96. The van der Waals surface area contributed by atoms with Crippen molar-refractivity contribution < 1.29 is 27.4 Å². The van der Waals surface area contributed by atoms with Gasteiger partial charge in [-0.1, -0.05) is 62.9 Å². The van der Waals surface area contributed by atoms with Gasteiger partial charge in [0.15, 0.2) is 0 Å². The topological polar surface area (TPSA) is 94.2 Å². The monoisotopic (exact) mass is 608 g/mol. The van der Waals surface area contributed by atoms with Crippen LogP contribution in [0.15, 0.2) is 90.3 Å². The molecule has 43 heavy (non-hydrogen) atoms. The molecule has 0 saturated carbocycles. The minimum absolute atomic E-state index is 0.0805. The summed E-state index contributed by atoms with van der Waals surface area (Å²) in [6, 6.07) is 23.1. The molecule has 0 aliphatic carbocycles. The van der Waals surface area contributed by atoms with Crippen molar-refractivity contribution in [3.63, 3.8) is 0 Å². The SMILES string of the molecule is C=C(c1ccc(OCc2ccccc2)cc1)[C@@H](CCN(CC(C)C)S(=O)(=O)c1ccc(OC)cc1)NC(=O)OC(C)(C)C. The van der Waals surface area contributed by atoms with Crippen LogP contribution in [-0.2, 0) is 21.4 Å². The van der Waals surface area contributed by atoms with Crippen molar-refractivity contribution >= 4 is 21.7 Å². The lowest BCUT2D eigenvalue weighted by Crippen LogP contribution is -2.43. The largest absolute Gasteiger partial charge is 0.497 e. The van der Waals surface area contributed by atoms with Crippen molar-refractivity contribution in [2.24, 2.45) is 5.92 Å². The molecule has 0 fully saturated rings. The van der Waals surface area contributed by atoms with Gasteiger partial charge in [-0.05, 0) is 86.2 Å². The number of alkyl carbamates (subject to hydrolysis) is 1. The number of rotatable bonds is 14. The molecule has 0 aliphatic heterocycles. The Morgan fingerprint density at radius 2 is 1.53 bits per heavy atom. The molecule has 0 aliphatic rings. The van der Waals surface area contributed by atoms with Crippen molar-refractivity contribution in [1.82, 2.24) is 9.62 Å². The summed E-state index contributed by atoms with van der Waals surface area (Å²) in [5.41, 5.74) is 1.79. The van der Waals surface area contributed by atoms with E-state index in [1.54, 1.807) is 32.9 Å². The van der Waals surface area contributed by atoms with E-state index in [4.69, 9.17) is 14.2 Å². The number of methoxy groups -OCH3 is 1. The Morgan fingerprint density at radius 3 is 2.09 bits per heavy atom. The second-order valence-corrected chi connectivity index (χ2v) is 13.7. The van der Waals surface area contributed by atoms with Crippen LogP contribution < -0.4 is 14.8 Å². The fourth-order valence-corrected chi connectivity index (χ4v) is 6.00. The molecule has 0 radical (unpaired) electrons. The van der Waals surface area contributed by atoms with Crippen LogP contribution in [0.3, 0.4) is 0 Å². The fraction of sp³-hybridized carbons (Fsp3) is 0.382. The van der Waals surface area contributed by atoms with Crippen molar-refractivity contribution in [1.29, 1.82) is 0 Å². The number of hydrogen-bond donors (Lipinski definition) is 1. The van der Waals surface area contributed by atoms with E-state index in [2.05, 4.69) is 11.9 Å². The van der Waals surface area contributed by atoms with E-state index in [0.717, 1.165) is 11.1 Å². The Balaban J connectivity index is 1.80. The minimum atomic E-state index is -3.81. The summed E-state index contributed by atoms with van der Waals surface area (Å²) < 4.78 is 45.4. The molecular weight excluding hydrogens is 564 g/mol. The van der Waals surface area contributed by atoms with E-state index in [9.17, 15) is 13.2 Å². The van der Waals surface area contributed by atoms with Crippen LogP contribution >= 0.6 is 0 Å².